The van der Waals surface area contributed by atoms with Gasteiger partial charge in [0, 0.05) is 25.2 Å². The summed E-state index contributed by atoms with van der Waals surface area (Å²) >= 11 is 0. The van der Waals surface area contributed by atoms with Gasteiger partial charge in [-0.25, -0.2) is 0 Å². The number of Topliss-reactive ketones (excluding diaryl/α,β-unsaturated/α-hetero) is 1. The number of carbonyl (C=O) groups excluding carboxylic acids is 4. The molecule has 0 aliphatic heterocycles. The molecule has 1 heterocycles. The van der Waals surface area contributed by atoms with Gasteiger partial charge in [0.1, 0.15) is 5.69 Å². The van der Waals surface area contributed by atoms with Crippen LogP contribution in [-0.2, 0) is 27.8 Å². The molecule has 7 nitrogen and oxygen atoms in total. The molecule has 1 N–H and O–H groups in total. The first-order valence-electron chi connectivity index (χ1n) is 10.1. The molecule has 7 heteroatoms. The molecule has 0 fully saturated rings. The highest BCUT2D eigenvalue weighted by atomic mass is 16.5. The minimum Gasteiger partial charge on any atom is -0.456 e. The molecule has 0 saturated carbocycles. The summed E-state index contributed by atoms with van der Waals surface area (Å²) in [7, 11) is 1.68. The van der Waals surface area contributed by atoms with Crippen molar-refractivity contribution in [3.63, 3.8) is 0 Å². The van der Waals surface area contributed by atoms with E-state index >= 15 is 0 Å². The van der Waals surface area contributed by atoms with Crippen LogP contribution in [0.25, 0.3) is 0 Å². The minimum atomic E-state index is -0.723. The van der Waals surface area contributed by atoms with E-state index in [4.69, 9.17) is 4.74 Å². The fourth-order valence-corrected chi connectivity index (χ4v) is 2.94. The van der Waals surface area contributed by atoms with Crippen molar-refractivity contribution in [2.24, 2.45) is 7.05 Å². The van der Waals surface area contributed by atoms with Crippen molar-refractivity contribution < 1.29 is 23.9 Å². The summed E-state index contributed by atoms with van der Waals surface area (Å²) in [5, 5.41) is 2.15. The fourth-order valence-electron chi connectivity index (χ4n) is 2.94. The topological polar surface area (TPSA) is 94.5 Å². The molecule has 160 valence electrons. The predicted molar refractivity (Wildman–Crippen MR) is 112 cm³/mol. The highest BCUT2D eigenvalue weighted by Gasteiger charge is 2.15. The Bertz CT molecular complexity index is 883. The molecular weight excluding hydrogens is 384 g/mol. The molecule has 1 aromatic carbocycles. The summed E-state index contributed by atoms with van der Waals surface area (Å²) in [6.45, 7) is 1.58. The molecule has 2 aromatic rings. The van der Waals surface area contributed by atoms with Crippen LogP contribution >= 0.6 is 0 Å². The Hall–Kier alpha value is -3.22. The monoisotopic (exact) mass is 412 g/mol. The summed E-state index contributed by atoms with van der Waals surface area (Å²) in [6, 6.07) is 10.7. The van der Waals surface area contributed by atoms with E-state index in [9.17, 15) is 19.2 Å². The van der Waals surface area contributed by atoms with Gasteiger partial charge in [-0.15, -0.1) is 0 Å². The third-order valence-electron chi connectivity index (χ3n) is 4.69. The lowest BCUT2D eigenvalue weighted by Gasteiger charge is -2.07. The van der Waals surface area contributed by atoms with E-state index < -0.39 is 24.4 Å². The van der Waals surface area contributed by atoms with Gasteiger partial charge in [-0.1, -0.05) is 44.0 Å². The van der Waals surface area contributed by atoms with E-state index in [1.54, 1.807) is 42.1 Å². The Labute approximate surface area is 176 Å². The van der Waals surface area contributed by atoms with Crippen LogP contribution in [0.4, 0.5) is 0 Å². The average molecular weight is 412 g/mol. The molecule has 0 aliphatic rings. The number of aryl methyl sites for hydroxylation is 2. The molecule has 0 spiro atoms. The highest BCUT2D eigenvalue weighted by Crippen LogP contribution is 2.11. The zero-order valence-corrected chi connectivity index (χ0v) is 17.5. The second kappa shape index (κ2) is 11.7. The first kappa shape index (κ1) is 23.1. The van der Waals surface area contributed by atoms with Gasteiger partial charge in [0.05, 0.1) is 6.42 Å². The quantitative estimate of drug-likeness (QED) is 0.347. The molecule has 1 aromatic heterocycles. The number of nitrogens with one attached hydrogen (secondary N) is 1. The fraction of sp³-hybridized carbons (Fsp3) is 0.391. The number of aromatic nitrogens is 1. The molecule has 0 aliphatic carbocycles. The van der Waals surface area contributed by atoms with Crippen molar-refractivity contribution in [2.75, 3.05) is 6.61 Å². The third-order valence-corrected chi connectivity index (χ3v) is 4.69. The standard InChI is InChI=1S/C23H28N2O5/c1-3-4-5-7-17-9-11-18(12-10-17)20(26)13-14-22(28)30-16-21(27)24-23(29)19-8-6-15-25(19)2/h6,8-12,15H,3-5,7,13-14,16H2,1-2H3,(H,24,27,29). The van der Waals surface area contributed by atoms with Crippen molar-refractivity contribution in [1.29, 1.82) is 0 Å². The molecule has 0 bridgehead atoms. The van der Waals surface area contributed by atoms with Crippen LogP contribution < -0.4 is 5.32 Å². The number of esters is 1. The van der Waals surface area contributed by atoms with Gasteiger partial charge in [0.15, 0.2) is 12.4 Å². The number of ketones is 1. The number of carbonyl (C=O) groups is 4. The van der Waals surface area contributed by atoms with Gasteiger partial charge >= 0.3 is 5.97 Å². The van der Waals surface area contributed by atoms with Crippen LogP contribution in [0.5, 0.6) is 0 Å². The summed E-state index contributed by atoms with van der Waals surface area (Å²) in [6.07, 6.45) is 6.01. The molecule has 30 heavy (non-hydrogen) atoms. The lowest BCUT2D eigenvalue weighted by molar-refractivity contribution is -0.148. The van der Waals surface area contributed by atoms with Crippen molar-refractivity contribution in [1.82, 2.24) is 9.88 Å². The van der Waals surface area contributed by atoms with Gasteiger partial charge in [-0.2, -0.15) is 0 Å². The van der Waals surface area contributed by atoms with Crippen molar-refractivity contribution in [3.8, 4) is 0 Å². The maximum Gasteiger partial charge on any atom is 0.306 e. The van der Waals surface area contributed by atoms with E-state index in [0.29, 0.717) is 11.3 Å². The number of unbranched alkanes of at least 4 members (excludes halogenated alkanes) is 2. The number of ether oxygens (including phenoxy) is 1. The van der Waals surface area contributed by atoms with Crippen molar-refractivity contribution in [2.45, 2.75) is 45.4 Å². The summed E-state index contributed by atoms with van der Waals surface area (Å²) in [5.41, 5.74) is 2.06. The molecule has 2 rings (SSSR count). The molecule has 0 atom stereocenters. The van der Waals surface area contributed by atoms with Crippen LogP contribution in [0, 0.1) is 0 Å². The number of amides is 2. The smallest absolute Gasteiger partial charge is 0.306 e. The predicted octanol–water partition coefficient (Wildman–Crippen LogP) is 3.22. The number of imide groups is 1. The largest absolute Gasteiger partial charge is 0.456 e. The van der Waals surface area contributed by atoms with Gasteiger partial charge < -0.3 is 9.30 Å². The van der Waals surface area contributed by atoms with Crippen molar-refractivity contribution >= 4 is 23.6 Å². The van der Waals surface area contributed by atoms with E-state index in [1.165, 1.54) is 12.0 Å². The Morgan fingerprint density at radius 3 is 2.37 bits per heavy atom. The second-order valence-corrected chi connectivity index (χ2v) is 7.12. The van der Waals surface area contributed by atoms with E-state index in [2.05, 4.69) is 12.2 Å². The van der Waals surface area contributed by atoms with E-state index in [1.807, 2.05) is 12.1 Å². The Kier molecular flexibility index (Phi) is 9.00. The SMILES string of the molecule is CCCCCc1ccc(C(=O)CCC(=O)OCC(=O)NC(=O)c2cccn2C)cc1. The summed E-state index contributed by atoms with van der Waals surface area (Å²) in [5.74, 6) is -2.12. The first-order chi connectivity index (χ1) is 14.4. The van der Waals surface area contributed by atoms with Gasteiger partial charge in [0.25, 0.3) is 11.8 Å². The Morgan fingerprint density at radius 2 is 1.73 bits per heavy atom. The molecule has 2 amide bonds. The maximum absolute atomic E-state index is 12.2. The van der Waals surface area contributed by atoms with Gasteiger partial charge in [0.2, 0.25) is 0 Å². The zero-order valence-electron chi connectivity index (χ0n) is 17.5. The van der Waals surface area contributed by atoms with Crippen LogP contribution in [-0.4, -0.2) is 34.7 Å². The van der Waals surface area contributed by atoms with Gasteiger partial charge in [-0.3, -0.25) is 24.5 Å². The Balaban J connectivity index is 1.69. The zero-order chi connectivity index (χ0) is 21.9. The van der Waals surface area contributed by atoms with Crippen molar-refractivity contribution in [3.05, 3.63) is 59.4 Å². The van der Waals surface area contributed by atoms with E-state index in [-0.39, 0.29) is 18.6 Å². The average Bonchev–Trinajstić information content (AvgIpc) is 3.17. The Morgan fingerprint density at radius 1 is 1.00 bits per heavy atom. The van der Waals surface area contributed by atoms with Crippen LogP contribution in [0.3, 0.4) is 0 Å². The third kappa shape index (κ3) is 7.31. The molecule has 0 radical (unpaired) electrons. The first-order valence-corrected chi connectivity index (χ1v) is 10.1. The minimum absolute atomic E-state index is 0.00207. The summed E-state index contributed by atoms with van der Waals surface area (Å²) in [4.78, 5) is 47.7. The van der Waals surface area contributed by atoms with E-state index in [0.717, 1.165) is 19.3 Å². The number of rotatable bonds is 11. The second-order valence-electron chi connectivity index (χ2n) is 7.12. The number of nitrogens with zero attached hydrogens (tertiary/aromatic N) is 1. The number of hydrogen-bond donors (Lipinski definition) is 1. The highest BCUT2D eigenvalue weighted by molar-refractivity contribution is 6.04. The van der Waals surface area contributed by atoms with Crippen LogP contribution in [0.15, 0.2) is 42.6 Å². The lowest BCUT2D eigenvalue weighted by atomic mass is 10.0. The lowest BCUT2D eigenvalue weighted by Crippen LogP contribution is -2.35. The number of hydrogen-bond acceptors (Lipinski definition) is 5. The molecule has 0 saturated heterocycles. The maximum atomic E-state index is 12.2. The van der Waals surface area contributed by atoms with Crippen LogP contribution in [0.1, 0.15) is 65.4 Å². The normalized spacial score (nSPS) is 10.5. The number of benzene rings is 1. The summed E-state index contributed by atoms with van der Waals surface area (Å²) < 4.78 is 6.42. The molecular formula is C23H28N2O5. The van der Waals surface area contributed by atoms with Crippen LogP contribution in [0.2, 0.25) is 0 Å². The van der Waals surface area contributed by atoms with Gasteiger partial charge in [-0.05, 0) is 30.5 Å². The molecule has 0 unspecified atom stereocenters.